The molecule has 128 valence electrons. The SMILES string of the molecule is O=[N+]([O-])c1c(O)c(O)cc(-c2nc(Cc3cccc(O)c3)no2)c1Cl. The number of rotatable bonds is 4. The lowest BCUT2D eigenvalue weighted by Gasteiger charge is -2.04. The maximum atomic E-state index is 11.0. The molecule has 0 aliphatic rings. The Bertz CT molecular complexity index is 972. The summed E-state index contributed by atoms with van der Waals surface area (Å²) in [5, 5.41) is 43.0. The summed E-state index contributed by atoms with van der Waals surface area (Å²) in [4.78, 5) is 14.2. The average Bonchev–Trinajstić information content (AvgIpc) is 2.99. The number of nitro benzene ring substituents is 1. The summed E-state index contributed by atoms with van der Waals surface area (Å²) in [5.41, 5.74) is -0.222. The molecule has 3 N–H and O–H groups in total. The Kier molecular flexibility index (Phi) is 4.15. The fourth-order valence-electron chi connectivity index (χ4n) is 2.23. The second-order valence-electron chi connectivity index (χ2n) is 5.07. The van der Waals surface area contributed by atoms with E-state index in [0.717, 1.165) is 11.6 Å². The lowest BCUT2D eigenvalue weighted by Crippen LogP contribution is -1.93. The largest absolute Gasteiger partial charge is 0.508 e. The van der Waals surface area contributed by atoms with Crippen LogP contribution in [0.2, 0.25) is 5.02 Å². The molecule has 0 amide bonds. The van der Waals surface area contributed by atoms with Crippen LogP contribution in [0, 0.1) is 10.1 Å². The fourth-order valence-corrected chi connectivity index (χ4v) is 2.52. The molecule has 0 spiro atoms. The molecule has 3 rings (SSSR count). The number of aromatic nitrogens is 2. The molecule has 0 unspecified atom stereocenters. The van der Waals surface area contributed by atoms with E-state index in [-0.39, 0.29) is 29.4 Å². The van der Waals surface area contributed by atoms with Crippen molar-refractivity contribution in [3.8, 4) is 28.7 Å². The van der Waals surface area contributed by atoms with Crippen molar-refractivity contribution < 1.29 is 24.8 Å². The summed E-state index contributed by atoms with van der Waals surface area (Å²) in [6.07, 6.45) is 0.238. The first-order valence-corrected chi connectivity index (χ1v) is 7.24. The molecule has 1 aromatic heterocycles. The fraction of sp³-hybridized carbons (Fsp3) is 0.0667. The minimum absolute atomic E-state index is 0.0849. The van der Waals surface area contributed by atoms with Crippen LogP contribution in [0.25, 0.3) is 11.5 Å². The summed E-state index contributed by atoms with van der Waals surface area (Å²) in [6, 6.07) is 7.45. The van der Waals surface area contributed by atoms with E-state index in [2.05, 4.69) is 10.1 Å². The Hall–Kier alpha value is -3.33. The first-order chi connectivity index (χ1) is 11.9. The van der Waals surface area contributed by atoms with Crippen LogP contribution in [0.1, 0.15) is 11.4 Å². The number of benzene rings is 2. The van der Waals surface area contributed by atoms with Crippen LogP contribution < -0.4 is 0 Å². The average molecular weight is 364 g/mol. The molecule has 25 heavy (non-hydrogen) atoms. The maximum absolute atomic E-state index is 11.0. The molecular weight excluding hydrogens is 354 g/mol. The molecule has 0 aliphatic heterocycles. The molecule has 10 heteroatoms. The Balaban J connectivity index is 1.99. The Morgan fingerprint density at radius 2 is 2.00 bits per heavy atom. The van der Waals surface area contributed by atoms with Crippen LogP contribution in [0.4, 0.5) is 5.69 Å². The van der Waals surface area contributed by atoms with Crippen molar-refractivity contribution in [2.45, 2.75) is 6.42 Å². The van der Waals surface area contributed by atoms with Crippen molar-refractivity contribution in [2.75, 3.05) is 0 Å². The van der Waals surface area contributed by atoms with E-state index in [1.54, 1.807) is 12.1 Å². The lowest BCUT2D eigenvalue weighted by atomic mass is 10.1. The lowest BCUT2D eigenvalue weighted by molar-refractivity contribution is -0.385. The predicted octanol–water partition coefficient (Wildman–Crippen LogP) is 3.01. The number of nitrogens with zero attached hydrogens (tertiary/aromatic N) is 3. The van der Waals surface area contributed by atoms with Gasteiger partial charge in [-0.1, -0.05) is 28.9 Å². The highest BCUT2D eigenvalue weighted by atomic mass is 35.5. The highest BCUT2D eigenvalue weighted by Crippen LogP contribution is 2.46. The zero-order chi connectivity index (χ0) is 18.1. The van der Waals surface area contributed by atoms with Crippen LogP contribution in [0.5, 0.6) is 17.2 Å². The third kappa shape index (κ3) is 3.17. The summed E-state index contributed by atoms with van der Waals surface area (Å²) in [7, 11) is 0. The van der Waals surface area contributed by atoms with Gasteiger partial charge in [0, 0.05) is 6.42 Å². The van der Waals surface area contributed by atoms with Gasteiger partial charge in [-0.25, -0.2) is 0 Å². The van der Waals surface area contributed by atoms with Crippen LogP contribution in [-0.2, 0) is 6.42 Å². The molecule has 0 saturated carbocycles. The molecule has 0 fully saturated rings. The first-order valence-electron chi connectivity index (χ1n) is 6.86. The van der Waals surface area contributed by atoms with Gasteiger partial charge < -0.3 is 19.8 Å². The van der Waals surface area contributed by atoms with Gasteiger partial charge in [0.05, 0.1) is 10.5 Å². The van der Waals surface area contributed by atoms with Crippen molar-refractivity contribution in [1.82, 2.24) is 10.1 Å². The molecule has 9 nitrogen and oxygen atoms in total. The normalized spacial score (nSPS) is 10.8. The number of hydrogen-bond acceptors (Lipinski definition) is 8. The quantitative estimate of drug-likeness (QED) is 0.364. The van der Waals surface area contributed by atoms with Gasteiger partial charge in [0.2, 0.25) is 5.75 Å². The van der Waals surface area contributed by atoms with E-state index in [1.807, 2.05) is 0 Å². The summed E-state index contributed by atoms with van der Waals surface area (Å²) in [6.45, 7) is 0. The van der Waals surface area contributed by atoms with Crippen molar-refractivity contribution in [3.63, 3.8) is 0 Å². The highest BCUT2D eigenvalue weighted by Gasteiger charge is 2.28. The molecule has 0 bridgehead atoms. The van der Waals surface area contributed by atoms with Gasteiger partial charge in [-0.15, -0.1) is 0 Å². The number of phenolic OH excluding ortho intramolecular Hbond substituents is 3. The van der Waals surface area contributed by atoms with Crippen molar-refractivity contribution in [1.29, 1.82) is 0 Å². The summed E-state index contributed by atoms with van der Waals surface area (Å²) in [5.74, 6) is -1.51. The van der Waals surface area contributed by atoms with Crippen LogP contribution in [0.15, 0.2) is 34.9 Å². The monoisotopic (exact) mass is 363 g/mol. The molecular formula is C15H10ClN3O6. The summed E-state index contributed by atoms with van der Waals surface area (Å²) >= 11 is 5.93. The zero-order valence-electron chi connectivity index (χ0n) is 12.4. The van der Waals surface area contributed by atoms with E-state index in [9.17, 15) is 25.4 Å². The second kappa shape index (κ2) is 6.29. The van der Waals surface area contributed by atoms with Crippen molar-refractivity contribution >= 4 is 17.3 Å². The smallest absolute Gasteiger partial charge is 0.333 e. The number of aromatic hydroxyl groups is 3. The molecule has 0 saturated heterocycles. The van der Waals surface area contributed by atoms with Crippen molar-refractivity contribution in [2.24, 2.45) is 0 Å². The van der Waals surface area contributed by atoms with Crippen molar-refractivity contribution in [3.05, 3.63) is 56.9 Å². The number of hydrogen-bond donors (Lipinski definition) is 3. The van der Waals surface area contributed by atoms with Crippen LogP contribution >= 0.6 is 11.6 Å². The number of phenols is 3. The van der Waals surface area contributed by atoms with Gasteiger partial charge in [0.1, 0.15) is 10.8 Å². The number of nitro groups is 1. The zero-order valence-corrected chi connectivity index (χ0v) is 13.1. The van der Waals surface area contributed by atoms with E-state index >= 15 is 0 Å². The molecule has 0 atom stereocenters. The predicted molar refractivity (Wildman–Crippen MR) is 85.6 cm³/mol. The Morgan fingerprint density at radius 1 is 1.24 bits per heavy atom. The maximum Gasteiger partial charge on any atom is 0.333 e. The van der Waals surface area contributed by atoms with Gasteiger partial charge in [0.15, 0.2) is 11.6 Å². The molecule has 0 aliphatic carbocycles. The third-order valence-electron chi connectivity index (χ3n) is 3.35. The minimum Gasteiger partial charge on any atom is -0.508 e. The number of halogens is 1. The molecule has 0 radical (unpaired) electrons. The summed E-state index contributed by atoms with van der Waals surface area (Å²) < 4.78 is 5.04. The van der Waals surface area contributed by atoms with Gasteiger partial charge in [-0.3, -0.25) is 10.1 Å². The topological polar surface area (TPSA) is 143 Å². The molecule has 2 aromatic carbocycles. The standard InChI is InChI=1S/C15H10ClN3O6/c16-12-9(6-10(21)14(22)13(12)19(23)24)15-17-11(18-25-15)5-7-2-1-3-8(20)4-7/h1-4,6,20-22H,5H2. The first kappa shape index (κ1) is 16.5. The van der Waals surface area contributed by atoms with Gasteiger partial charge in [0.25, 0.3) is 5.89 Å². The van der Waals surface area contributed by atoms with E-state index in [4.69, 9.17) is 16.1 Å². The Labute approximate surface area is 144 Å². The van der Waals surface area contributed by atoms with E-state index in [1.165, 1.54) is 12.1 Å². The van der Waals surface area contributed by atoms with E-state index < -0.39 is 27.1 Å². The highest BCUT2D eigenvalue weighted by molar-refractivity contribution is 6.35. The van der Waals surface area contributed by atoms with Gasteiger partial charge in [-0.05, 0) is 23.8 Å². The molecule has 3 aromatic rings. The Morgan fingerprint density at radius 3 is 2.68 bits per heavy atom. The van der Waals surface area contributed by atoms with Gasteiger partial charge >= 0.3 is 5.69 Å². The van der Waals surface area contributed by atoms with Gasteiger partial charge in [-0.2, -0.15) is 4.98 Å². The third-order valence-corrected chi connectivity index (χ3v) is 3.73. The minimum atomic E-state index is -0.946. The molecule has 1 heterocycles. The second-order valence-corrected chi connectivity index (χ2v) is 5.45. The van der Waals surface area contributed by atoms with E-state index in [0.29, 0.717) is 0 Å². The van der Waals surface area contributed by atoms with Crippen LogP contribution in [0.3, 0.4) is 0 Å². The van der Waals surface area contributed by atoms with Crippen LogP contribution in [-0.4, -0.2) is 30.4 Å².